The number of hydrazone groups is 1. The van der Waals surface area contributed by atoms with Gasteiger partial charge in [-0.3, -0.25) is 4.79 Å². The first-order valence-electron chi connectivity index (χ1n) is 10.5. The number of anilines is 1. The Balaban J connectivity index is 1.59. The van der Waals surface area contributed by atoms with Crippen molar-refractivity contribution < 1.29 is 9.53 Å². The molecule has 0 saturated heterocycles. The molecule has 0 aliphatic carbocycles. The van der Waals surface area contributed by atoms with Crippen LogP contribution in [0.1, 0.15) is 29.2 Å². The van der Waals surface area contributed by atoms with Crippen LogP contribution in [0.15, 0.2) is 96.6 Å². The number of para-hydroxylation sites is 2. The maximum absolute atomic E-state index is 14.0. The van der Waals surface area contributed by atoms with Crippen molar-refractivity contribution in [3.05, 3.63) is 108 Å². The van der Waals surface area contributed by atoms with Gasteiger partial charge in [0.1, 0.15) is 5.75 Å². The zero-order chi connectivity index (χ0) is 21.0. The van der Waals surface area contributed by atoms with Crippen molar-refractivity contribution in [3.63, 3.8) is 0 Å². The Morgan fingerprint density at radius 1 is 1.03 bits per heavy atom. The van der Waals surface area contributed by atoms with Crippen molar-refractivity contribution in [3.8, 4) is 5.75 Å². The van der Waals surface area contributed by atoms with Crippen molar-refractivity contribution >= 4 is 17.3 Å². The fourth-order valence-corrected chi connectivity index (χ4v) is 4.94. The summed E-state index contributed by atoms with van der Waals surface area (Å²) < 4.78 is 6.59. The summed E-state index contributed by atoms with van der Waals surface area (Å²) in [5.74, 6) is 0.600. The lowest BCUT2D eigenvalue weighted by atomic mass is 9.92. The Morgan fingerprint density at radius 3 is 2.61 bits per heavy atom. The first kappa shape index (κ1) is 18.0. The SMILES string of the molecule is C=CCN1C(=O)[C@]2(Oc3ccccc3[C@H]3CC(c4ccccc4)=NN32)c2ccccc21. The van der Waals surface area contributed by atoms with Crippen molar-refractivity contribution in [2.75, 3.05) is 11.4 Å². The van der Waals surface area contributed by atoms with E-state index >= 15 is 0 Å². The number of nitrogens with zero attached hydrogens (tertiary/aromatic N) is 3. The van der Waals surface area contributed by atoms with Crippen LogP contribution in [0.5, 0.6) is 5.75 Å². The predicted octanol–water partition coefficient (Wildman–Crippen LogP) is 4.62. The quantitative estimate of drug-likeness (QED) is 0.596. The molecule has 3 aliphatic heterocycles. The number of amides is 1. The molecule has 1 spiro atoms. The number of hydrogen-bond acceptors (Lipinski definition) is 4. The van der Waals surface area contributed by atoms with Crippen LogP contribution in [0.25, 0.3) is 0 Å². The Hall–Kier alpha value is -3.86. The van der Waals surface area contributed by atoms with Crippen LogP contribution in [-0.4, -0.2) is 23.2 Å². The van der Waals surface area contributed by atoms with Gasteiger partial charge < -0.3 is 9.64 Å². The number of fused-ring (bicyclic) bond motifs is 6. The van der Waals surface area contributed by atoms with Gasteiger partial charge in [0.05, 0.1) is 23.0 Å². The number of rotatable bonds is 3. The monoisotopic (exact) mass is 407 g/mol. The van der Waals surface area contributed by atoms with Gasteiger partial charge in [-0.15, -0.1) is 6.58 Å². The van der Waals surface area contributed by atoms with Gasteiger partial charge in [-0.25, -0.2) is 5.01 Å². The molecule has 3 aromatic rings. The highest BCUT2D eigenvalue weighted by atomic mass is 16.5. The summed E-state index contributed by atoms with van der Waals surface area (Å²) in [5, 5.41) is 6.90. The summed E-state index contributed by atoms with van der Waals surface area (Å²) in [6.07, 6.45) is 2.45. The molecule has 3 aliphatic rings. The van der Waals surface area contributed by atoms with Gasteiger partial charge in [-0.2, -0.15) is 5.10 Å². The molecule has 0 aromatic heterocycles. The third-order valence-electron chi connectivity index (χ3n) is 6.28. The first-order valence-corrected chi connectivity index (χ1v) is 10.5. The molecule has 0 radical (unpaired) electrons. The number of carbonyl (C=O) groups is 1. The van der Waals surface area contributed by atoms with Crippen molar-refractivity contribution in [2.24, 2.45) is 5.10 Å². The summed E-state index contributed by atoms with van der Waals surface area (Å²) in [4.78, 5) is 15.7. The van der Waals surface area contributed by atoms with Gasteiger partial charge in [0.25, 0.3) is 5.91 Å². The van der Waals surface area contributed by atoms with E-state index in [1.807, 2.05) is 65.7 Å². The maximum atomic E-state index is 14.0. The molecule has 0 unspecified atom stereocenters. The van der Waals surface area contributed by atoms with E-state index in [-0.39, 0.29) is 11.9 Å². The van der Waals surface area contributed by atoms with E-state index in [0.29, 0.717) is 13.0 Å². The molecular formula is C26H21N3O2. The molecule has 5 heteroatoms. The lowest BCUT2D eigenvalue weighted by Gasteiger charge is -2.44. The van der Waals surface area contributed by atoms with E-state index < -0.39 is 5.72 Å². The summed E-state index contributed by atoms with van der Waals surface area (Å²) >= 11 is 0. The van der Waals surface area contributed by atoms with Crippen LogP contribution in [0, 0.1) is 0 Å². The minimum absolute atomic E-state index is 0.0826. The normalized spacial score (nSPS) is 23.2. The smallest absolute Gasteiger partial charge is 0.306 e. The predicted molar refractivity (Wildman–Crippen MR) is 120 cm³/mol. The number of carbonyl (C=O) groups excluding carboxylic acids is 1. The minimum Gasteiger partial charge on any atom is -0.453 e. The van der Waals surface area contributed by atoms with Crippen molar-refractivity contribution in [1.82, 2.24) is 5.01 Å². The highest BCUT2D eigenvalue weighted by Crippen LogP contribution is 2.55. The maximum Gasteiger partial charge on any atom is 0.306 e. The third kappa shape index (κ3) is 2.37. The minimum atomic E-state index is -1.32. The van der Waals surface area contributed by atoms with E-state index in [2.05, 4.69) is 24.8 Å². The average molecular weight is 407 g/mol. The first-order chi connectivity index (χ1) is 15.2. The second-order valence-electron chi connectivity index (χ2n) is 7.98. The Bertz CT molecular complexity index is 1240. The molecule has 0 N–H and O–H groups in total. The van der Waals surface area contributed by atoms with Gasteiger partial charge >= 0.3 is 5.72 Å². The molecule has 31 heavy (non-hydrogen) atoms. The van der Waals surface area contributed by atoms with E-state index in [9.17, 15) is 4.79 Å². The van der Waals surface area contributed by atoms with Gasteiger partial charge in [-0.1, -0.05) is 72.8 Å². The van der Waals surface area contributed by atoms with Crippen LogP contribution in [-0.2, 0) is 10.5 Å². The summed E-state index contributed by atoms with van der Waals surface area (Å²) in [7, 11) is 0. The van der Waals surface area contributed by atoms with Crippen LogP contribution in [0.4, 0.5) is 5.69 Å². The van der Waals surface area contributed by atoms with Crippen LogP contribution in [0.3, 0.4) is 0 Å². The van der Waals surface area contributed by atoms with Crippen LogP contribution >= 0.6 is 0 Å². The number of ether oxygens (including phenoxy) is 1. The molecule has 0 fully saturated rings. The third-order valence-corrected chi connectivity index (χ3v) is 6.28. The van der Waals surface area contributed by atoms with E-state index in [1.165, 1.54) is 0 Å². The summed E-state index contributed by atoms with van der Waals surface area (Å²) in [6, 6.07) is 25.8. The molecule has 5 nitrogen and oxygen atoms in total. The molecule has 6 rings (SSSR count). The summed E-state index contributed by atoms with van der Waals surface area (Å²) in [6.45, 7) is 4.26. The molecule has 152 valence electrons. The molecule has 2 atom stereocenters. The average Bonchev–Trinajstić information content (AvgIpc) is 3.36. The topological polar surface area (TPSA) is 45.1 Å². The van der Waals surface area contributed by atoms with Gasteiger partial charge in [0.15, 0.2) is 0 Å². The van der Waals surface area contributed by atoms with Crippen molar-refractivity contribution in [2.45, 2.75) is 18.2 Å². The zero-order valence-corrected chi connectivity index (χ0v) is 16.9. The largest absolute Gasteiger partial charge is 0.453 e. The van der Waals surface area contributed by atoms with Crippen molar-refractivity contribution in [1.29, 1.82) is 0 Å². The van der Waals surface area contributed by atoms with E-state index in [4.69, 9.17) is 9.84 Å². The molecule has 3 aromatic carbocycles. The Kier molecular flexibility index (Phi) is 3.81. The van der Waals surface area contributed by atoms with E-state index in [0.717, 1.165) is 33.8 Å². The van der Waals surface area contributed by atoms with E-state index in [1.54, 1.807) is 11.0 Å². The second-order valence-corrected chi connectivity index (χ2v) is 7.98. The molecular weight excluding hydrogens is 386 g/mol. The fourth-order valence-electron chi connectivity index (χ4n) is 4.94. The highest BCUT2D eigenvalue weighted by molar-refractivity contribution is 6.08. The number of hydrogen-bond donors (Lipinski definition) is 0. The molecule has 3 heterocycles. The molecule has 0 saturated carbocycles. The van der Waals surface area contributed by atoms with Crippen LogP contribution in [0.2, 0.25) is 0 Å². The fraction of sp³-hybridized carbons (Fsp3) is 0.154. The molecule has 1 amide bonds. The second kappa shape index (κ2) is 6.57. The Labute approximate surface area is 180 Å². The standard InChI is InChI=1S/C26H21N3O2/c1-2-16-28-22-14-8-7-13-20(22)26(25(28)30)29-23(19-12-6-9-15-24(19)31-26)17-21(27-29)18-10-4-3-5-11-18/h2-15,23H,1,16-17H2/t23-,26-/m1/s1. The Morgan fingerprint density at radius 2 is 1.77 bits per heavy atom. The number of benzene rings is 3. The van der Waals surface area contributed by atoms with Gasteiger partial charge in [0, 0.05) is 18.5 Å². The lowest BCUT2D eigenvalue weighted by Crippen LogP contribution is -2.57. The summed E-state index contributed by atoms with van der Waals surface area (Å²) in [5.41, 5.74) is 3.40. The van der Waals surface area contributed by atoms with Crippen LogP contribution < -0.4 is 9.64 Å². The van der Waals surface area contributed by atoms with Gasteiger partial charge in [0.2, 0.25) is 0 Å². The zero-order valence-electron chi connectivity index (χ0n) is 16.9. The molecule has 0 bridgehead atoms. The highest BCUT2D eigenvalue weighted by Gasteiger charge is 2.62. The lowest BCUT2D eigenvalue weighted by molar-refractivity contribution is -0.163. The van der Waals surface area contributed by atoms with Gasteiger partial charge in [-0.05, 0) is 17.7 Å².